The molecular formula is C15H35N3S2. The van der Waals surface area contributed by atoms with Crippen LogP contribution in [0.25, 0.3) is 0 Å². The Balaban J connectivity index is 3.10. The van der Waals surface area contributed by atoms with E-state index in [1.54, 1.807) is 0 Å². The van der Waals surface area contributed by atoms with Gasteiger partial charge in [0.2, 0.25) is 0 Å². The Morgan fingerprint density at radius 1 is 0.600 bits per heavy atom. The van der Waals surface area contributed by atoms with Gasteiger partial charge in [-0.1, -0.05) is 6.42 Å². The smallest absolute Gasteiger partial charge is 0.0198 e. The molecule has 0 aliphatic carbocycles. The first-order chi connectivity index (χ1) is 9.21. The van der Waals surface area contributed by atoms with Crippen molar-refractivity contribution in [2.75, 3.05) is 39.3 Å². The van der Waals surface area contributed by atoms with Crippen LogP contribution >= 0.6 is 25.3 Å². The van der Waals surface area contributed by atoms with Gasteiger partial charge in [0.25, 0.3) is 0 Å². The highest BCUT2D eigenvalue weighted by atomic mass is 32.1. The summed E-state index contributed by atoms with van der Waals surface area (Å²) >= 11 is 8.97. The summed E-state index contributed by atoms with van der Waals surface area (Å²) < 4.78 is 0.171. The number of thiol groups is 2. The number of unbranched alkanes of at least 4 members (excludes halogenated alkanes) is 2. The van der Waals surface area contributed by atoms with Gasteiger partial charge >= 0.3 is 0 Å². The molecule has 0 spiro atoms. The van der Waals surface area contributed by atoms with Crippen molar-refractivity contribution in [3.63, 3.8) is 0 Å². The maximum atomic E-state index is 4.49. The van der Waals surface area contributed by atoms with E-state index >= 15 is 0 Å². The van der Waals surface area contributed by atoms with Gasteiger partial charge in [-0.25, -0.2) is 0 Å². The van der Waals surface area contributed by atoms with Crippen LogP contribution in [0.2, 0.25) is 0 Å². The van der Waals surface area contributed by atoms with E-state index in [1.165, 1.54) is 19.3 Å². The molecule has 0 unspecified atom stereocenters. The molecule has 0 aromatic carbocycles. The van der Waals surface area contributed by atoms with Crippen molar-refractivity contribution >= 4 is 25.3 Å². The van der Waals surface area contributed by atoms with Gasteiger partial charge in [-0.3, -0.25) is 0 Å². The third-order valence-electron chi connectivity index (χ3n) is 2.80. The van der Waals surface area contributed by atoms with Crippen LogP contribution < -0.4 is 16.0 Å². The van der Waals surface area contributed by atoms with E-state index in [0.717, 1.165) is 39.3 Å². The second-order valence-corrected chi connectivity index (χ2v) is 9.21. The van der Waals surface area contributed by atoms with Crippen LogP contribution in [0.4, 0.5) is 0 Å². The Morgan fingerprint density at radius 2 is 1.00 bits per heavy atom. The lowest BCUT2D eigenvalue weighted by molar-refractivity contribution is 0.533. The highest BCUT2D eigenvalue weighted by Gasteiger charge is 2.09. The Hall–Kier alpha value is 0.580. The minimum absolute atomic E-state index is 0.0780. The molecule has 0 heterocycles. The van der Waals surface area contributed by atoms with Crippen molar-refractivity contribution in [2.45, 2.75) is 56.5 Å². The van der Waals surface area contributed by atoms with Gasteiger partial charge in [0.15, 0.2) is 0 Å². The fourth-order valence-corrected chi connectivity index (χ4v) is 1.99. The maximum Gasteiger partial charge on any atom is 0.0198 e. The zero-order chi connectivity index (χ0) is 15.5. The lowest BCUT2D eigenvalue weighted by atomic mass is 10.2. The molecule has 5 heteroatoms. The second-order valence-electron chi connectivity index (χ2n) is 6.79. The summed E-state index contributed by atoms with van der Waals surface area (Å²) in [6.07, 6.45) is 3.78. The molecule has 0 amide bonds. The zero-order valence-corrected chi connectivity index (χ0v) is 15.5. The van der Waals surface area contributed by atoms with Gasteiger partial charge in [0.1, 0.15) is 0 Å². The van der Waals surface area contributed by atoms with Crippen molar-refractivity contribution < 1.29 is 0 Å². The molecule has 0 aliphatic heterocycles. The van der Waals surface area contributed by atoms with E-state index < -0.39 is 0 Å². The first-order valence-electron chi connectivity index (χ1n) is 7.78. The minimum atomic E-state index is 0.0780. The molecule has 0 rings (SSSR count). The number of hydrogen-bond donors (Lipinski definition) is 5. The van der Waals surface area contributed by atoms with E-state index in [2.05, 4.69) is 68.9 Å². The van der Waals surface area contributed by atoms with Crippen molar-refractivity contribution in [2.24, 2.45) is 0 Å². The Bertz CT molecular complexity index is 198. The SMILES string of the molecule is CC(C)(S)CNCCCCCNCCNCC(C)(C)S. The third-order valence-corrected chi connectivity index (χ3v) is 3.12. The van der Waals surface area contributed by atoms with Crippen LogP contribution in [0.3, 0.4) is 0 Å². The molecule has 0 saturated heterocycles. The standard InChI is InChI=1S/C15H35N3S2/c1-14(2,19)12-17-9-7-5-6-8-16-10-11-18-13-15(3,4)20/h16-20H,5-13H2,1-4H3. The molecule has 0 fully saturated rings. The van der Waals surface area contributed by atoms with Crippen LogP contribution in [0.5, 0.6) is 0 Å². The summed E-state index contributed by atoms with van der Waals surface area (Å²) in [6, 6.07) is 0. The van der Waals surface area contributed by atoms with E-state index in [9.17, 15) is 0 Å². The highest BCUT2D eigenvalue weighted by Crippen LogP contribution is 2.09. The van der Waals surface area contributed by atoms with E-state index in [4.69, 9.17) is 0 Å². The Morgan fingerprint density at radius 3 is 1.50 bits per heavy atom. The normalized spacial score (nSPS) is 12.9. The summed E-state index contributed by atoms with van der Waals surface area (Å²) in [5, 5.41) is 10.3. The van der Waals surface area contributed by atoms with Crippen LogP contribution in [0.15, 0.2) is 0 Å². The summed E-state index contributed by atoms with van der Waals surface area (Å²) in [7, 11) is 0. The minimum Gasteiger partial charge on any atom is -0.315 e. The van der Waals surface area contributed by atoms with Crippen molar-refractivity contribution in [3.05, 3.63) is 0 Å². The lowest BCUT2D eigenvalue weighted by Crippen LogP contribution is -2.35. The highest BCUT2D eigenvalue weighted by molar-refractivity contribution is 7.82. The number of nitrogens with one attached hydrogen (secondary N) is 3. The van der Waals surface area contributed by atoms with E-state index in [-0.39, 0.29) is 9.49 Å². The topological polar surface area (TPSA) is 36.1 Å². The molecule has 20 heavy (non-hydrogen) atoms. The van der Waals surface area contributed by atoms with Gasteiger partial charge in [0, 0.05) is 35.7 Å². The van der Waals surface area contributed by atoms with Crippen LogP contribution in [-0.4, -0.2) is 48.8 Å². The number of rotatable bonds is 13. The molecule has 0 saturated carbocycles. The Labute approximate surface area is 137 Å². The summed E-state index contributed by atoms with van der Waals surface area (Å²) in [4.78, 5) is 0. The van der Waals surface area contributed by atoms with Crippen molar-refractivity contribution in [3.8, 4) is 0 Å². The van der Waals surface area contributed by atoms with Crippen LogP contribution in [0, 0.1) is 0 Å². The lowest BCUT2D eigenvalue weighted by Gasteiger charge is -2.18. The molecule has 0 bridgehead atoms. The number of hydrogen-bond acceptors (Lipinski definition) is 5. The van der Waals surface area contributed by atoms with Crippen LogP contribution in [0.1, 0.15) is 47.0 Å². The maximum absolute atomic E-state index is 4.49. The first kappa shape index (κ1) is 20.6. The van der Waals surface area contributed by atoms with Crippen LogP contribution in [-0.2, 0) is 0 Å². The quantitative estimate of drug-likeness (QED) is 0.267. The first-order valence-corrected chi connectivity index (χ1v) is 8.67. The fourth-order valence-electron chi connectivity index (χ4n) is 1.77. The zero-order valence-electron chi connectivity index (χ0n) is 13.8. The summed E-state index contributed by atoms with van der Waals surface area (Å²) in [5.74, 6) is 0. The average Bonchev–Trinajstić information content (AvgIpc) is 2.27. The molecule has 0 radical (unpaired) electrons. The van der Waals surface area contributed by atoms with Crippen molar-refractivity contribution in [1.29, 1.82) is 0 Å². The fraction of sp³-hybridized carbons (Fsp3) is 1.00. The predicted octanol–water partition coefficient (Wildman–Crippen LogP) is 2.34. The molecule has 0 aromatic rings. The van der Waals surface area contributed by atoms with Gasteiger partial charge in [0.05, 0.1) is 0 Å². The Kier molecular flexibility index (Phi) is 11.5. The summed E-state index contributed by atoms with van der Waals surface area (Å²) in [5.41, 5.74) is 0. The summed E-state index contributed by atoms with van der Waals surface area (Å²) in [6.45, 7) is 14.7. The van der Waals surface area contributed by atoms with E-state index in [0.29, 0.717) is 0 Å². The van der Waals surface area contributed by atoms with Crippen molar-refractivity contribution in [1.82, 2.24) is 16.0 Å². The molecule has 0 atom stereocenters. The average molecular weight is 322 g/mol. The van der Waals surface area contributed by atoms with Gasteiger partial charge in [-0.05, 0) is 53.6 Å². The predicted molar refractivity (Wildman–Crippen MR) is 98.6 cm³/mol. The molecule has 0 aromatic heterocycles. The largest absolute Gasteiger partial charge is 0.315 e. The molecule has 0 aliphatic rings. The molecule has 3 nitrogen and oxygen atoms in total. The molecule has 3 N–H and O–H groups in total. The van der Waals surface area contributed by atoms with E-state index in [1.807, 2.05) is 0 Å². The second kappa shape index (κ2) is 11.2. The molecule has 122 valence electrons. The monoisotopic (exact) mass is 321 g/mol. The van der Waals surface area contributed by atoms with Gasteiger partial charge in [-0.15, -0.1) is 0 Å². The van der Waals surface area contributed by atoms with Gasteiger partial charge in [-0.2, -0.15) is 25.3 Å². The molecular weight excluding hydrogens is 286 g/mol. The van der Waals surface area contributed by atoms with Gasteiger partial charge < -0.3 is 16.0 Å². The third kappa shape index (κ3) is 18.6.